The van der Waals surface area contributed by atoms with E-state index in [0.717, 1.165) is 28.1 Å². The van der Waals surface area contributed by atoms with E-state index in [1.165, 1.54) is 0 Å². The largest absolute Gasteiger partial charge is 0.326 e. The van der Waals surface area contributed by atoms with E-state index < -0.39 is 0 Å². The quantitative estimate of drug-likeness (QED) is 0.891. The Morgan fingerprint density at radius 3 is 2.50 bits per heavy atom. The standard InChI is InChI=1S/C16H17N3O/c17-9-11-2-1-3-14(7-11)19-15-5-4-12(10-18)6-13(15)8-16(19)20/h1-7H,8-10,17-18H2. The molecule has 4 nitrogen and oxygen atoms in total. The Balaban J connectivity index is 2.05. The van der Waals surface area contributed by atoms with Crippen molar-refractivity contribution in [2.45, 2.75) is 19.5 Å². The third-order valence-electron chi connectivity index (χ3n) is 3.62. The fraction of sp³-hybridized carbons (Fsp3) is 0.188. The zero-order valence-electron chi connectivity index (χ0n) is 11.2. The van der Waals surface area contributed by atoms with Gasteiger partial charge in [-0.25, -0.2) is 0 Å². The highest BCUT2D eigenvalue weighted by Gasteiger charge is 2.28. The molecule has 0 fully saturated rings. The molecule has 4 N–H and O–H groups in total. The van der Waals surface area contributed by atoms with Crippen LogP contribution in [0.15, 0.2) is 42.5 Å². The molecule has 0 saturated carbocycles. The van der Waals surface area contributed by atoms with Gasteiger partial charge >= 0.3 is 0 Å². The lowest BCUT2D eigenvalue weighted by Gasteiger charge is -2.18. The number of fused-ring (bicyclic) bond motifs is 1. The topological polar surface area (TPSA) is 72.3 Å². The van der Waals surface area contributed by atoms with Crippen molar-refractivity contribution in [3.8, 4) is 0 Å². The first-order valence-corrected chi connectivity index (χ1v) is 6.67. The number of amides is 1. The van der Waals surface area contributed by atoms with E-state index in [1.54, 1.807) is 4.90 Å². The molecule has 0 atom stereocenters. The van der Waals surface area contributed by atoms with Crippen molar-refractivity contribution in [3.63, 3.8) is 0 Å². The van der Waals surface area contributed by atoms with Gasteiger partial charge < -0.3 is 11.5 Å². The van der Waals surface area contributed by atoms with Gasteiger partial charge in [0.25, 0.3) is 0 Å². The molecule has 2 aromatic carbocycles. The number of nitrogens with two attached hydrogens (primary N) is 2. The molecule has 102 valence electrons. The SMILES string of the molecule is NCc1cccc(N2C(=O)Cc3cc(CN)ccc32)c1. The third-order valence-corrected chi connectivity index (χ3v) is 3.62. The summed E-state index contributed by atoms with van der Waals surface area (Å²) in [6, 6.07) is 13.7. The number of nitrogens with zero attached hydrogens (tertiary/aromatic N) is 1. The molecular formula is C16H17N3O. The maximum atomic E-state index is 12.3. The number of anilines is 2. The normalized spacial score (nSPS) is 13.7. The second-order valence-corrected chi connectivity index (χ2v) is 4.95. The van der Waals surface area contributed by atoms with E-state index >= 15 is 0 Å². The number of hydrogen-bond acceptors (Lipinski definition) is 3. The van der Waals surface area contributed by atoms with E-state index in [0.29, 0.717) is 19.5 Å². The smallest absolute Gasteiger partial charge is 0.236 e. The first-order valence-electron chi connectivity index (χ1n) is 6.67. The van der Waals surface area contributed by atoms with Crippen molar-refractivity contribution in [2.24, 2.45) is 11.5 Å². The fourth-order valence-corrected chi connectivity index (χ4v) is 2.61. The summed E-state index contributed by atoms with van der Waals surface area (Å²) in [7, 11) is 0. The van der Waals surface area contributed by atoms with Crippen LogP contribution in [0.25, 0.3) is 0 Å². The number of carbonyl (C=O) groups is 1. The Hall–Kier alpha value is -2.17. The second kappa shape index (κ2) is 5.07. The molecule has 1 aliphatic rings. The molecule has 0 unspecified atom stereocenters. The van der Waals surface area contributed by atoms with Crippen LogP contribution in [0.3, 0.4) is 0 Å². The molecule has 0 bridgehead atoms. The second-order valence-electron chi connectivity index (χ2n) is 4.95. The summed E-state index contributed by atoms with van der Waals surface area (Å²) in [5.41, 5.74) is 16.2. The minimum Gasteiger partial charge on any atom is -0.326 e. The van der Waals surface area contributed by atoms with E-state index in [-0.39, 0.29) is 5.91 Å². The van der Waals surface area contributed by atoms with Gasteiger partial charge in [0.1, 0.15) is 0 Å². The lowest BCUT2D eigenvalue weighted by atomic mass is 10.1. The van der Waals surface area contributed by atoms with Crippen LogP contribution in [-0.2, 0) is 24.3 Å². The van der Waals surface area contributed by atoms with Crippen LogP contribution < -0.4 is 16.4 Å². The lowest BCUT2D eigenvalue weighted by Crippen LogP contribution is -2.21. The Morgan fingerprint density at radius 2 is 1.75 bits per heavy atom. The average Bonchev–Trinajstić information content (AvgIpc) is 2.82. The highest BCUT2D eigenvalue weighted by atomic mass is 16.2. The maximum absolute atomic E-state index is 12.3. The number of carbonyl (C=O) groups excluding carboxylic acids is 1. The van der Waals surface area contributed by atoms with E-state index in [2.05, 4.69) is 0 Å². The van der Waals surface area contributed by atoms with Gasteiger partial charge in [0.2, 0.25) is 5.91 Å². The van der Waals surface area contributed by atoms with Gasteiger partial charge in [0, 0.05) is 18.8 Å². The Kier molecular flexibility index (Phi) is 3.26. The molecule has 1 amide bonds. The summed E-state index contributed by atoms with van der Waals surface area (Å²) in [4.78, 5) is 14.1. The molecule has 0 aliphatic carbocycles. The highest BCUT2D eigenvalue weighted by Crippen LogP contribution is 2.36. The first-order chi connectivity index (χ1) is 9.72. The minimum atomic E-state index is 0.0864. The van der Waals surface area contributed by atoms with Gasteiger partial charge in [0.05, 0.1) is 12.1 Å². The van der Waals surface area contributed by atoms with Gasteiger partial charge in [0.15, 0.2) is 0 Å². The summed E-state index contributed by atoms with van der Waals surface area (Å²) < 4.78 is 0. The molecule has 0 spiro atoms. The van der Waals surface area contributed by atoms with Crippen LogP contribution in [-0.4, -0.2) is 5.91 Å². The predicted octanol–water partition coefficient (Wildman–Crippen LogP) is 1.82. The zero-order chi connectivity index (χ0) is 14.1. The average molecular weight is 267 g/mol. The van der Waals surface area contributed by atoms with Gasteiger partial charge in [-0.3, -0.25) is 9.69 Å². The van der Waals surface area contributed by atoms with Crippen LogP contribution in [0.1, 0.15) is 16.7 Å². The molecule has 0 aromatic heterocycles. The summed E-state index contributed by atoms with van der Waals surface area (Å²) in [5, 5.41) is 0. The third kappa shape index (κ3) is 2.09. The molecule has 1 heterocycles. The van der Waals surface area contributed by atoms with Crippen molar-refractivity contribution in [1.82, 2.24) is 0 Å². The molecule has 1 aliphatic heterocycles. The van der Waals surface area contributed by atoms with Crippen molar-refractivity contribution in [3.05, 3.63) is 59.2 Å². The monoisotopic (exact) mass is 267 g/mol. The summed E-state index contributed by atoms with van der Waals surface area (Å²) in [5.74, 6) is 0.0864. The highest BCUT2D eigenvalue weighted by molar-refractivity contribution is 6.07. The number of rotatable bonds is 3. The molecule has 2 aromatic rings. The van der Waals surface area contributed by atoms with E-state index in [4.69, 9.17) is 11.5 Å². The van der Waals surface area contributed by atoms with Crippen LogP contribution in [0.2, 0.25) is 0 Å². The molecular weight excluding hydrogens is 250 g/mol. The van der Waals surface area contributed by atoms with E-state index in [1.807, 2.05) is 42.5 Å². The van der Waals surface area contributed by atoms with Crippen LogP contribution >= 0.6 is 0 Å². The zero-order valence-corrected chi connectivity index (χ0v) is 11.2. The summed E-state index contributed by atoms with van der Waals surface area (Å²) in [6.45, 7) is 0.957. The lowest BCUT2D eigenvalue weighted by molar-refractivity contribution is -0.116. The van der Waals surface area contributed by atoms with Crippen molar-refractivity contribution in [2.75, 3.05) is 4.90 Å². The predicted molar refractivity (Wildman–Crippen MR) is 79.5 cm³/mol. The van der Waals surface area contributed by atoms with Crippen molar-refractivity contribution in [1.29, 1.82) is 0 Å². The van der Waals surface area contributed by atoms with Crippen molar-refractivity contribution < 1.29 is 4.79 Å². The molecule has 0 saturated heterocycles. The minimum absolute atomic E-state index is 0.0864. The number of benzene rings is 2. The summed E-state index contributed by atoms with van der Waals surface area (Å²) in [6.07, 6.45) is 0.427. The first kappa shape index (κ1) is 12.8. The number of hydrogen-bond donors (Lipinski definition) is 2. The Morgan fingerprint density at radius 1 is 1.00 bits per heavy atom. The molecule has 4 heteroatoms. The van der Waals surface area contributed by atoms with Crippen molar-refractivity contribution >= 4 is 17.3 Å². The van der Waals surface area contributed by atoms with Gasteiger partial charge in [-0.05, 0) is 34.9 Å². The fourth-order valence-electron chi connectivity index (χ4n) is 2.61. The summed E-state index contributed by atoms with van der Waals surface area (Å²) >= 11 is 0. The molecule has 20 heavy (non-hydrogen) atoms. The van der Waals surface area contributed by atoms with Gasteiger partial charge in [-0.15, -0.1) is 0 Å². The Labute approximate surface area is 118 Å². The van der Waals surface area contributed by atoms with E-state index in [9.17, 15) is 4.79 Å². The van der Waals surface area contributed by atoms with Gasteiger partial charge in [-0.1, -0.05) is 24.3 Å². The molecule has 0 radical (unpaired) electrons. The van der Waals surface area contributed by atoms with Gasteiger partial charge in [-0.2, -0.15) is 0 Å². The van der Waals surface area contributed by atoms with Crippen LogP contribution in [0, 0.1) is 0 Å². The Bertz CT molecular complexity index is 667. The molecule has 3 rings (SSSR count). The van der Waals surface area contributed by atoms with Crippen LogP contribution in [0.5, 0.6) is 0 Å². The maximum Gasteiger partial charge on any atom is 0.236 e. The van der Waals surface area contributed by atoms with Crippen LogP contribution in [0.4, 0.5) is 11.4 Å².